The van der Waals surface area contributed by atoms with Crippen molar-refractivity contribution in [1.29, 1.82) is 0 Å². The van der Waals surface area contributed by atoms with Crippen LogP contribution in [0.15, 0.2) is 11.6 Å². The van der Waals surface area contributed by atoms with Crippen LogP contribution in [0.3, 0.4) is 0 Å². The van der Waals surface area contributed by atoms with Crippen LogP contribution in [0, 0.1) is 0 Å². The molecule has 0 saturated carbocycles. The summed E-state index contributed by atoms with van der Waals surface area (Å²) in [4.78, 5) is 24.7. The summed E-state index contributed by atoms with van der Waals surface area (Å²) in [7, 11) is 0. The van der Waals surface area contributed by atoms with Gasteiger partial charge in [-0.15, -0.1) is 0 Å². The van der Waals surface area contributed by atoms with E-state index < -0.39 is 0 Å². The Morgan fingerprint density at radius 1 is 0.548 bits per heavy atom. The third-order valence-electron chi connectivity index (χ3n) is 6.03. The van der Waals surface area contributed by atoms with E-state index in [1.165, 1.54) is 89.9 Å². The Labute approximate surface area is 194 Å². The third-order valence-corrected chi connectivity index (χ3v) is 6.03. The molecule has 31 heavy (non-hydrogen) atoms. The first-order chi connectivity index (χ1) is 15.2. The largest absolute Gasteiger partial charge is 0.293 e. The molecule has 3 heteroatoms. The lowest BCUT2D eigenvalue weighted by atomic mass is 10.0. The standard InChI is InChI=1S/C28H53NO2/c1-4-7-10-12-14-16-18-20-22-25-27(30)29-28(31)26(23-9-6-3)24-21-19-17-15-13-11-8-5-2/h23H,4-22,24-25H2,1-3H3,(H,29,30,31)/b26-23+. The zero-order chi connectivity index (χ0) is 23.0. The minimum atomic E-state index is -0.155. The maximum Gasteiger partial charge on any atom is 0.253 e. The van der Waals surface area contributed by atoms with Crippen molar-refractivity contribution in [1.82, 2.24) is 5.32 Å². The van der Waals surface area contributed by atoms with Gasteiger partial charge in [-0.25, -0.2) is 0 Å². The number of carbonyl (C=O) groups is 2. The van der Waals surface area contributed by atoms with E-state index in [-0.39, 0.29) is 11.8 Å². The SMILES string of the molecule is CCC/C=C(\CCCCCCCCCC)C(=O)NC(=O)CCCCCCCCCCC. The maximum absolute atomic E-state index is 12.6. The number of carbonyl (C=O) groups excluding carboxylic acids is 2. The Morgan fingerprint density at radius 2 is 0.968 bits per heavy atom. The zero-order valence-corrected chi connectivity index (χ0v) is 21.2. The van der Waals surface area contributed by atoms with E-state index >= 15 is 0 Å². The minimum Gasteiger partial charge on any atom is -0.293 e. The van der Waals surface area contributed by atoms with E-state index in [4.69, 9.17) is 0 Å². The summed E-state index contributed by atoms with van der Waals surface area (Å²) in [6.07, 6.45) is 26.5. The first-order valence-electron chi connectivity index (χ1n) is 13.7. The van der Waals surface area contributed by atoms with Gasteiger partial charge in [-0.1, -0.05) is 130 Å². The minimum absolute atomic E-state index is 0.105. The number of allylic oxidation sites excluding steroid dienone is 1. The summed E-state index contributed by atoms with van der Waals surface area (Å²) in [5, 5.41) is 2.64. The smallest absolute Gasteiger partial charge is 0.253 e. The molecule has 0 fully saturated rings. The van der Waals surface area contributed by atoms with E-state index in [0.717, 1.165) is 44.1 Å². The Morgan fingerprint density at radius 3 is 1.42 bits per heavy atom. The fourth-order valence-electron chi connectivity index (χ4n) is 3.94. The second-order valence-electron chi connectivity index (χ2n) is 9.20. The van der Waals surface area contributed by atoms with Crippen molar-refractivity contribution in [2.45, 2.75) is 156 Å². The molecule has 0 aromatic rings. The van der Waals surface area contributed by atoms with Gasteiger partial charge in [-0.05, 0) is 25.7 Å². The zero-order valence-electron chi connectivity index (χ0n) is 21.2. The molecule has 0 radical (unpaired) electrons. The molecule has 0 aromatic carbocycles. The van der Waals surface area contributed by atoms with Crippen molar-refractivity contribution >= 4 is 11.8 Å². The maximum atomic E-state index is 12.6. The van der Waals surface area contributed by atoms with E-state index in [2.05, 4.69) is 26.1 Å². The molecule has 0 unspecified atom stereocenters. The Bertz CT molecular complexity index is 456. The number of nitrogens with one attached hydrogen (secondary N) is 1. The van der Waals surface area contributed by atoms with Gasteiger partial charge in [0.25, 0.3) is 5.91 Å². The van der Waals surface area contributed by atoms with E-state index in [9.17, 15) is 9.59 Å². The van der Waals surface area contributed by atoms with Gasteiger partial charge in [-0.3, -0.25) is 14.9 Å². The topological polar surface area (TPSA) is 46.2 Å². The van der Waals surface area contributed by atoms with Gasteiger partial charge in [0.2, 0.25) is 5.91 Å². The van der Waals surface area contributed by atoms with Crippen molar-refractivity contribution in [2.75, 3.05) is 0 Å². The van der Waals surface area contributed by atoms with Crippen LogP contribution in [0.4, 0.5) is 0 Å². The van der Waals surface area contributed by atoms with Crippen LogP contribution in [0.2, 0.25) is 0 Å². The molecule has 0 spiro atoms. The predicted octanol–water partition coefficient (Wildman–Crippen LogP) is 8.81. The number of rotatable bonds is 22. The molecule has 3 nitrogen and oxygen atoms in total. The summed E-state index contributed by atoms with van der Waals surface area (Å²) in [6, 6.07) is 0. The molecule has 0 heterocycles. The number of hydrogen-bond donors (Lipinski definition) is 1. The first-order valence-corrected chi connectivity index (χ1v) is 13.7. The van der Waals surface area contributed by atoms with Crippen LogP contribution in [0.5, 0.6) is 0 Å². The highest BCUT2D eigenvalue weighted by Crippen LogP contribution is 2.15. The average molecular weight is 436 g/mol. The molecule has 0 aromatic heterocycles. The summed E-state index contributed by atoms with van der Waals surface area (Å²) < 4.78 is 0. The molecular formula is C28H53NO2. The van der Waals surface area contributed by atoms with E-state index in [1.807, 2.05) is 6.08 Å². The molecule has 0 aliphatic carbocycles. The van der Waals surface area contributed by atoms with Crippen LogP contribution in [-0.4, -0.2) is 11.8 Å². The fourth-order valence-corrected chi connectivity index (χ4v) is 3.94. The summed E-state index contributed by atoms with van der Waals surface area (Å²) in [5.41, 5.74) is 0.813. The molecule has 0 aliphatic rings. The number of amides is 2. The first kappa shape index (κ1) is 29.9. The summed E-state index contributed by atoms with van der Waals surface area (Å²) in [6.45, 7) is 6.61. The van der Waals surface area contributed by atoms with Gasteiger partial charge in [-0.2, -0.15) is 0 Å². The lowest BCUT2D eigenvalue weighted by Gasteiger charge is -2.09. The normalized spacial score (nSPS) is 11.6. The quantitative estimate of drug-likeness (QED) is 0.136. The number of hydrogen-bond acceptors (Lipinski definition) is 2. The second-order valence-corrected chi connectivity index (χ2v) is 9.20. The monoisotopic (exact) mass is 435 g/mol. The Kier molecular flexibility index (Phi) is 22.7. The highest BCUT2D eigenvalue weighted by atomic mass is 16.2. The van der Waals surface area contributed by atoms with Crippen molar-refractivity contribution in [2.24, 2.45) is 0 Å². The van der Waals surface area contributed by atoms with Crippen molar-refractivity contribution in [3.8, 4) is 0 Å². The molecule has 182 valence electrons. The van der Waals surface area contributed by atoms with Crippen LogP contribution in [0.1, 0.15) is 156 Å². The molecule has 0 atom stereocenters. The van der Waals surface area contributed by atoms with Gasteiger partial charge in [0, 0.05) is 12.0 Å². The summed E-state index contributed by atoms with van der Waals surface area (Å²) >= 11 is 0. The number of unbranched alkanes of at least 4 members (excludes halogenated alkanes) is 16. The third kappa shape index (κ3) is 20.5. The highest BCUT2D eigenvalue weighted by molar-refractivity contribution is 6.04. The van der Waals surface area contributed by atoms with Crippen molar-refractivity contribution in [3.05, 3.63) is 11.6 Å². The van der Waals surface area contributed by atoms with Crippen LogP contribution in [-0.2, 0) is 9.59 Å². The van der Waals surface area contributed by atoms with Crippen molar-refractivity contribution in [3.63, 3.8) is 0 Å². The molecule has 0 rings (SSSR count). The molecule has 1 N–H and O–H groups in total. The van der Waals surface area contributed by atoms with E-state index in [1.54, 1.807) is 0 Å². The second kappa shape index (κ2) is 23.5. The lowest BCUT2D eigenvalue weighted by molar-refractivity contribution is -0.128. The van der Waals surface area contributed by atoms with Crippen LogP contribution < -0.4 is 5.32 Å². The van der Waals surface area contributed by atoms with Gasteiger partial charge < -0.3 is 0 Å². The average Bonchev–Trinajstić information content (AvgIpc) is 2.76. The Hall–Kier alpha value is -1.12. The van der Waals surface area contributed by atoms with Crippen molar-refractivity contribution < 1.29 is 9.59 Å². The number of imide groups is 1. The van der Waals surface area contributed by atoms with Gasteiger partial charge in [0.1, 0.15) is 0 Å². The highest BCUT2D eigenvalue weighted by Gasteiger charge is 2.12. The predicted molar refractivity (Wildman–Crippen MR) is 135 cm³/mol. The fraction of sp³-hybridized carbons (Fsp3) is 0.857. The van der Waals surface area contributed by atoms with Crippen LogP contribution in [0.25, 0.3) is 0 Å². The lowest BCUT2D eigenvalue weighted by Crippen LogP contribution is -2.31. The molecule has 0 saturated heterocycles. The van der Waals surface area contributed by atoms with Gasteiger partial charge in [0.15, 0.2) is 0 Å². The van der Waals surface area contributed by atoms with Gasteiger partial charge >= 0.3 is 0 Å². The molecule has 2 amide bonds. The molecule has 0 aliphatic heterocycles. The molecular weight excluding hydrogens is 382 g/mol. The van der Waals surface area contributed by atoms with E-state index in [0.29, 0.717) is 6.42 Å². The summed E-state index contributed by atoms with van der Waals surface area (Å²) in [5.74, 6) is -0.261. The van der Waals surface area contributed by atoms with Crippen LogP contribution >= 0.6 is 0 Å². The van der Waals surface area contributed by atoms with Gasteiger partial charge in [0.05, 0.1) is 0 Å². The molecule has 0 bridgehead atoms. The Balaban J connectivity index is 3.96.